The SMILES string of the molecule is O=C(OC(=O)[C@@H](O)[C@H](OC(=O)c1ccccc1)C(=O)O)c1ccccc1. The molecule has 0 amide bonds. The Kier molecular flexibility index (Phi) is 6.18. The zero-order valence-corrected chi connectivity index (χ0v) is 13.3. The van der Waals surface area contributed by atoms with Crippen molar-refractivity contribution in [3.05, 3.63) is 71.8 Å². The molecule has 0 spiro atoms. The smallest absolute Gasteiger partial charge is 0.348 e. The molecule has 0 unspecified atom stereocenters. The molecule has 8 nitrogen and oxygen atoms in total. The molecule has 0 saturated heterocycles. The van der Waals surface area contributed by atoms with Crippen molar-refractivity contribution in [2.24, 2.45) is 0 Å². The van der Waals surface area contributed by atoms with Crippen LogP contribution in [0.2, 0.25) is 0 Å². The highest BCUT2D eigenvalue weighted by molar-refractivity contribution is 5.99. The van der Waals surface area contributed by atoms with Crippen LogP contribution in [0.25, 0.3) is 0 Å². The van der Waals surface area contributed by atoms with Crippen LogP contribution < -0.4 is 0 Å². The van der Waals surface area contributed by atoms with Crippen LogP contribution in [-0.4, -0.2) is 46.3 Å². The number of aliphatic hydroxyl groups is 1. The van der Waals surface area contributed by atoms with Crippen molar-refractivity contribution in [1.29, 1.82) is 0 Å². The number of carbonyl (C=O) groups is 4. The lowest BCUT2D eigenvalue weighted by atomic mass is 10.2. The third-order valence-corrected chi connectivity index (χ3v) is 3.22. The number of aliphatic carboxylic acids is 1. The number of benzene rings is 2. The molecule has 0 aromatic heterocycles. The minimum atomic E-state index is -2.38. The molecule has 0 aliphatic carbocycles. The molecule has 0 aliphatic rings. The van der Waals surface area contributed by atoms with E-state index < -0.39 is 36.1 Å². The second kappa shape index (κ2) is 8.54. The molecule has 0 saturated carbocycles. The number of carboxylic acids is 1. The number of hydrogen-bond donors (Lipinski definition) is 2. The van der Waals surface area contributed by atoms with E-state index in [0.717, 1.165) is 0 Å². The second-order valence-electron chi connectivity index (χ2n) is 5.05. The maximum absolute atomic E-state index is 11.9. The highest BCUT2D eigenvalue weighted by Gasteiger charge is 2.38. The predicted molar refractivity (Wildman–Crippen MR) is 86.2 cm³/mol. The molecule has 0 aliphatic heterocycles. The van der Waals surface area contributed by atoms with Crippen molar-refractivity contribution in [2.75, 3.05) is 0 Å². The summed E-state index contributed by atoms with van der Waals surface area (Å²) in [5.74, 6) is -5.45. The molecule has 134 valence electrons. The molecule has 0 fully saturated rings. The summed E-state index contributed by atoms with van der Waals surface area (Å²) in [6.07, 6.45) is -4.62. The van der Waals surface area contributed by atoms with E-state index in [-0.39, 0.29) is 11.1 Å². The molecule has 26 heavy (non-hydrogen) atoms. The first-order valence-electron chi connectivity index (χ1n) is 7.38. The number of esters is 3. The number of carboxylic acid groups (broad SMARTS) is 1. The van der Waals surface area contributed by atoms with E-state index in [9.17, 15) is 24.3 Å². The van der Waals surface area contributed by atoms with Gasteiger partial charge < -0.3 is 19.7 Å². The van der Waals surface area contributed by atoms with Crippen molar-refractivity contribution < 1.29 is 38.9 Å². The highest BCUT2D eigenvalue weighted by atomic mass is 16.6. The topological polar surface area (TPSA) is 127 Å². The normalized spacial score (nSPS) is 12.5. The first-order chi connectivity index (χ1) is 12.4. The van der Waals surface area contributed by atoms with Gasteiger partial charge in [-0.05, 0) is 24.3 Å². The fraction of sp³-hybridized carbons (Fsp3) is 0.111. The third kappa shape index (κ3) is 4.74. The molecule has 0 heterocycles. The van der Waals surface area contributed by atoms with Gasteiger partial charge in [-0.2, -0.15) is 0 Å². The summed E-state index contributed by atoms with van der Waals surface area (Å²) in [6, 6.07) is 14.8. The molecular formula is C18H14O8. The fourth-order valence-corrected chi connectivity index (χ4v) is 1.92. The Bertz CT molecular complexity index is 800. The first kappa shape index (κ1) is 18.8. The Labute approximate surface area is 147 Å². The lowest BCUT2D eigenvalue weighted by Gasteiger charge is -2.18. The van der Waals surface area contributed by atoms with Crippen LogP contribution in [0, 0.1) is 0 Å². The van der Waals surface area contributed by atoms with Crippen LogP contribution in [0.3, 0.4) is 0 Å². The fourth-order valence-electron chi connectivity index (χ4n) is 1.92. The van der Waals surface area contributed by atoms with Gasteiger partial charge in [0.15, 0.2) is 0 Å². The monoisotopic (exact) mass is 358 g/mol. The second-order valence-corrected chi connectivity index (χ2v) is 5.05. The van der Waals surface area contributed by atoms with E-state index in [0.29, 0.717) is 0 Å². The summed E-state index contributed by atoms with van der Waals surface area (Å²) in [5, 5.41) is 19.0. The first-order valence-corrected chi connectivity index (χ1v) is 7.38. The van der Waals surface area contributed by atoms with Crippen LogP contribution in [-0.2, 0) is 19.1 Å². The molecule has 0 bridgehead atoms. The number of aliphatic hydroxyl groups excluding tert-OH is 1. The molecule has 8 heteroatoms. The third-order valence-electron chi connectivity index (χ3n) is 3.22. The standard InChI is InChI=1S/C18H14O8/c19-13(18(24)26-17(23)12-9-5-2-6-10-12)14(15(20)21)25-16(22)11-7-3-1-4-8-11/h1-10,13-14,19H,(H,20,21)/t13-,14-/m0/s1. The molecule has 2 aromatic rings. The average molecular weight is 358 g/mol. The summed E-state index contributed by atoms with van der Waals surface area (Å²) in [5.41, 5.74) is 0.0564. The van der Waals surface area contributed by atoms with Gasteiger partial charge in [-0.25, -0.2) is 19.2 Å². The number of hydrogen-bond acceptors (Lipinski definition) is 7. The van der Waals surface area contributed by atoms with Crippen molar-refractivity contribution in [3.63, 3.8) is 0 Å². The van der Waals surface area contributed by atoms with E-state index in [1.165, 1.54) is 48.5 Å². The zero-order chi connectivity index (χ0) is 19.1. The van der Waals surface area contributed by atoms with Crippen LogP contribution in [0.1, 0.15) is 20.7 Å². The Balaban J connectivity index is 2.06. The maximum Gasteiger partial charge on any atom is 0.348 e. The van der Waals surface area contributed by atoms with Gasteiger partial charge >= 0.3 is 23.9 Å². The average Bonchev–Trinajstić information content (AvgIpc) is 2.66. The summed E-state index contributed by atoms with van der Waals surface area (Å²) >= 11 is 0. The number of ether oxygens (including phenoxy) is 2. The Morgan fingerprint density at radius 3 is 1.69 bits per heavy atom. The van der Waals surface area contributed by atoms with Crippen molar-refractivity contribution in [1.82, 2.24) is 0 Å². The van der Waals surface area contributed by atoms with E-state index in [2.05, 4.69) is 9.47 Å². The van der Waals surface area contributed by atoms with Gasteiger partial charge in [0.05, 0.1) is 11.1 Å². The van der Waals surface area contributed by atoms with Crippen LogP contribution in [0.15, 0.2) is 60.7 Å². The van der Waals surface area contributed by atoms with E-state index in [1.807, 2.05) is 0 Å². The van der Waals surface area contributed by atoms with Crippen LogP contribution >= 0.6 is 0 Å². The maximum atomic E-state index is 11.9. The van der Waals surface area contributed by atoms with E-state index in [1.54, 1.807) is 12.1 Å². The Morgan fingerprint density at radius 1 is 0.769 bits per heavy atom. The van der Waals surface area contributed by atoms with Gasteiger partial charge in [0.25, 0.3) is 0 Å². The molecule has 2 N–H and O–H groups in total. The van der Waals surface area contributed by atoms with Crippen LogP contribution in [0.4, 0.5) is 0 Å². The molecule has 0 radical (unpaired) electrons. The van der Waals surface area contributed by atoms with Gasteiger partial charge in [0, 0.05) is 0 Å². The Hall–Kier alpha value is -3.52. The van der Waals surface area contributed by atoms with Crippen molar-refractivity contribution in [2.45, 2.75) is 12.2 Å². The quantitative estimate of drug-likeness (QED) is 0.579. The molecule has 2 aromatic carbocycles. The highest BCUT2D eigenvalue weighted by Crippen LogP contribution is 2.10. The van der Waals surface area contributed by atoms with Crippen molar-refractivity contribution in [3.8, 4) is 0 Å². The summed E-state index contributed by atoms with van der Waals surface area (Å²) < 4.78 is 9.10. The van der Waals surface area contributed by atoms with E-state index in [4.69, 9.17) is 5.11 Å². The summed E-state index contributed by atoms with van der Waals surface area (Å²) in [7, 11) is 0. The number of rotatable bonds is 6. The lowest BCUT2D eigenvalue weighted by Crippen LogP contribution is -2.44. The summed E-state index contributed by atoms with van der Waals surface area (Å²) in [4.78, 5) is 46.8. The van der Waals surface area contributed by atoms with E-state index >= 15 is 0 Å². The minimum Gasteiger partial charge on any atom is -0.478 e. The van der Waals surface area contributed by atoms with Crippen molar-refractivity contribution >= 4 is 23.9 Å². The van der Waals surface area contributed by atoms with Gasteiger partial charge in [-0.15, -0.1) is 0 Å². The predicted octanol–water partition coefficient (Wildman–Crippen LogP) is 1.04. The largest absolute Gasteiger partial charge is 0.478 e. The van der Waals surface area contributed by atoms with Gasteiger partial charge in [-0.3, -0.25) is 0 Å². The van der Waals surface area contributed by atoms with Gasteiger partial charge in [-0.1, -0.05) is 36.4 Å². The lowest BCUT2D eigenvalue weighted by molar-refractivity contribution is -0.166. The molecule has 2 rings (SSSR count). The minimum absolute atomic E-state index is 0.0275. The number of carbonyl (C=O) groups excluding carboxylic acids is 3. The molecular weight excluding hydrogens is 344 g/mol. The Morgan fingerprint density at radius 2 is 1.23 bits per heavy atom. The van der Waals surface area contributed by atoms with Gasteiger partial charge in [0.1, 0.15) is 0 Å². The van der Waals surface area contributed by atoms with Crippen LogP contribution in [0.5, 0.6) is 0 Å². The summed E-state index contributed by atoms with van der Waals surface area (Å²) in [6.45, 7) is 0. The van der Waals surface area contributed by atoms with Gasteiger partial charge in [0.2, 0.25) is 12.2 Å². The zero-order valence-electron chi connectivity index (χ0n) is 13.3. The molecule has 2 atom stereocenters.